The maximum absolute atomic E-state index is 6.38. The molecule has 8 aromatic carbocycles. The second-order valence-electron chi connectivity index (χ2n) is 14.7. The van der Waals surface area contributed by atoms with E-state index in [0.29, 0.717) is 0 Å². The first-order valence-corrected chi connectivity index (χ1v) is 18.4. The van der Waals surface area contributed by atoms with Gasteiger partial charge in [0, 0.05) is 23.0 Å². The first-order valence-electron chi connectivity index (χ1n) is 18.4. The Morgan fingerprint density at radius 2 is 0.904 bits per heavy atom. The predicted octanol–water partition coefficient (Wildman–Crippen LogP) is 13.0. The lowest BCUT2D eigenvalue weighted by molar-refractivity contribution is 0.455. The second-order valence-corrected chi connectivity index (χ2v) is 14.7. The number of hydrogen-bond acceptors (Lipinski definition) is 1. The molecule has 1 heteroatoms. The maximum atomic E-state index is 6.38. The summed E-state index contributed by atoms with van der Waals surface area (Å²) in [6.07, 6.45) is 1.02. The van der Waals surface area contributed by atoms with Crippen molar-refractivity contribution in [1.29, 1.82) is 0 Å². The maximum Gasteiger partial charge on any atom is 0.132 e. The highest BCUT2D eigenvalue weighted by molar-refractivity contribution is 5.89. The zero-order valence-corrected chi connectivity index (χ0v) is 28.4. The molecule has 2 unspecified atom stereocenters. The topological polar surface area (TPSA) is 9.23 Å². The molecule has 1 heterocycles. The van der Waals surface area contributed by atoms with Gasteiger partial charge in [0.2, 0.25) is 0 Å². The number of para-hydroxylation sites is 1. The smallest absolute Gasteiger partial charge is 0.132 e. The fourth-order valence-corrected chi connectivity index (χ4v) is 9.71. The summed E-state index contributed by atoms with van der Waals surface area (Å²) in [6, 6.07) is 63.3. The van der Waals surface area contributed by atoms with Gasteiger partial charge in [-0.05, 0) is 126 Å². The molecule has 8 aromatic rings. The standard InChI is InChI=1S/C51H32O/c1-2-9-37-35(8-1)26-36-21-20-33(27-44(36)37)34-23-24-41-45(29-34)38-10-3-4-11-39(38)49(41)31-18-16-30(17-19-31)32-22-25-42-46(28-32)40-13-7-15-48-51(40)50(42)43-12-5-6-14-47(43)52-48/h1-25,27-29,49-50H,26H2. The fraction of sp³-hybridized carbons (Fsp3) is 0.0588. The van der Waals surface area contributed by atoms with E-state index >= 15 is 0 Å². The van der Waals surface area contributed by atoms with E-state index in [1.165, 1.54) is 100 Å². The summed E-state index contributed by atoms with van der Waals surface area (Å²) in [5, 5.41) is 0. The number of ether oxygens (including phenoxy) is 1. The van der Waals surface area contributed by atoms with Crippen LogP contribution in [0.15, 0.2) is 170 Å². The Morgan fingerprint density at radius 3 is 1.75 bits per heavy atom. The van der Waals surface area contributed by atoms with Gasteiger partial charge in [0.1, 0.15) is 11.5 Å². The molecule has 4 aliphatic rings. The summed E-state index contributed by atoms with van der Waals surface area (Å²) in [5.41, 5.74) is 23.9. The van der Waals surface area contributed by atoms with E-state index in [1.54, 1.807) is 0 Å². The Morgan fingerprint density at radius 1 is 0.346 bits per heavy atom. The molecule has 0 aromatic heterocycles. The molecule has 0 saturated heterocycles. The van der Waals surface area contributed by atoms with E-state index in [0.717, 1.165) is 17.9 Å². The van der Waals surface area contributed by atoms with Gasteiger partial charge in [0.25, 0.3) is 0 Å². The monoisotopic (exact) mass is 660 g/mol. The van der Waals surface area contributed by atoms with Crippen LogP contribution in [-0.4, -0.2) is 0 Å². The van der Waals surface area contributed by atoms with Gasteiger partial charge in [-0.2, -0.15) is 0 Å². The normalized spacial score (nSPS) is 16.2. The lowest BCUT2D eigenvalue weighted by Gasteiger charge is -2.25. The molecule has 242 valence electrons. The van der Waals surface area contributed by atoms with E-state index in [9.17, 15) is 0 Å². The largest absolute Gasteiger partial charge is 0.457 e. The zero-order chi connectivity index (χ0) is 33.9. The molecule has 1 aliphatic heterocycles. The van der Waals surface area contributed by atoms with Crippen LogP contribution >= 0.6 is 0 Å². The minimum Gasteiger partial charge on any atom is -0.457 e. The molecule has 52 heavy (non-hydrogen) atoms. The van der Waals surface area contributed by atoms with Gasteiger partial charge in [0.15, 0.2) is 0 Å². The van der Waals surface area contributed by atoms with Crippen LogP contribution < -0.4 is 4.74 Å². The van der Waals surface area contributed by atoms with Crippen molar-refractivity contribution >= 4 is 0 Å². The molecular formula is C51H32O. The quantitative estimate of drug-likeness (QED) is 0.183. The van der Waals surface area contributed by atoms with Gasteiger partial charge >= 0.3 is 0 Å². The molecule has 0 N–H and O–H groups in total. The molecule has 3 aliphatic carbocycles. The van der Waals surface area contributed by atoms with Crippen LogP contribution in [-0.2, 0) is 6.42 Å². The molecule has 12 rings (SSSR count). The molecular weight excluding hydrogens is 629 g/mol. The third kappa shape index (κ3) is 3.94. The van der Waals surface area contributed by atoms with Gasteiger partial charge in [0.05, 0.1) is 0 Å². The summed E-state index contributed by atoms with van der Waals surface area (Å²) >= 11 is 0. The highest BCUT2D eigenvalue weighted by Crippen LogP contribution is 2.57. The molecule has 0 bridgehead atoms. The van der Waals surface area contributed by atoms with Crippen molar-refractivity contribution in [3.05, 3.63) is 214 Å². The van der Waals surface area contributed by atoms with Crippen molar-refractivity contribution in [1.82, 2.24) is 0 Å². The highest BCUT2D eigenvalue weighted by Gasteiger charge is 2.37. The van der Waals surface area contributed by atoms with Crippen LogP contribution in [0.3, 0.4) is 0 Å². The summed E-state index contributed by atoms with van der Waals surface area (Å²) in [6.45, 7) is 0. The Kier molecular flexibility index (Phi) is 5.73. The molecule has 1 nitrogen and oxygen atoms in total. The van der Waals surface area contributed by atoms with E-state index in [-0.39, 0.29) is 11.8 Å². The predicted molar refractivity (Wildman–Crippen MR) is 211 cm³/mol. The summed E-state index contributed by atoms with van der Waals surface area (Å²) in [7, 11) is 0. The molecule has 0 spiro atoms. The SMILES string of the molecule is c1ccc2c(c1)Cc1ccc(-c3ccc4c(c3)-c3ccccc3C4c3ccc(-c4ccc5c(c4)-c4cccc6c4C5c4ccccc4O6)cc3)cc1-2. The first-order chi connectivity index (χ1) is 25.8. The number of rotatable bonds is 3. The number of fused-ring (bicyclic) bond motifs is 11. The molecule has 0 fully saturated rings. The van der Waals surface area contributed by atoms with Gasteiger partial charge in [-0.1, -0.05) is 140 Å². The van der Waals surface area contributed by atoms with Crippen molar-refractivity contribution in [2.24, 2.45) is 0 Å². The van der Waals surface area contributed by atoms with E-state index in [1.807, 2.05) is 0 Å². The van der Waals surface area contributed by atoms with Gasteiger partial charge in [-0.15, -0.1) is 0 Å². The highest BCUT2D eigenvalue weighted by atomic mass is 16.5. The van der Waals surface area contributed by atoms with Crippen molar-refractivity contribution in [3.8, 4) is 67.1 Å². The Balaban J connectivity index is 0.903. The molecule has 0 amide bonds. The van der Waals surface area contributed by atoms with E-state index < -0.39 is 0 Å². The van der Waals surface area contributed by atoms with Crippen molar-refractivity contribution in [3.63, 3.8) is 0 Å². The van der Waals surface area contributed by atoms with Crippen LogP contribution in [0.2, 0.25) is 0 Å². The second kappa shape index (κ2) is 10.5. The number of hydrogen-bond donors (Lipinski definition) is 0. The lowest BCUT2D eigenvalue weighted by atomic mass is 9.86. The Labute approximate surface area is 303 Å². The summed E-state index contributed by atoms with van der Waals surface area (Å²) in [4.78, 5) is 0. The molecule has 0 saturated carbocycles. The van der Waals surface area contributed by atoms with Crippen LogP contribution in [0.4, 0.5) is 0 Å². The van der Waals surface area contributed by atoms with Gasteiger partial charge < -0.3 is 4.74 Å². The third-order valence-electron chi connectivity index (χ3n) is 12.1. The minimum absolute atomic E-state index is 0.203. The zero-order valence-electron chi connectivity index (χ0n) is 28.4. The van der Waals surface area contributed by atoms with Crippen LogP contribution in [0, 0.1) is 0 Å². The Hall–Kier alpha value is -6.44. The van der Waals surface area contributed by atoms with Crippen molar-refractivity contribution in [2.75, 3.05) is 0 Å². The van der Waals surface area contributed by atoms with Crippen LogP contribution in [0.25, 0.3) is 55.6 Å². The van der Waals surface area contributed by atoms with Crippen molar-refractivity contribution in [2.45, 2.75) is 18.3 Å². The lowest BCUT2D eigenvalue weighted by Crippen LogP contribution is -2.08. The minimum atomic E-state index is 0.203. The summed E-state index contributed by atoms with van der Waals surface area (Å²) in [5.74, 6) is 2.36. The average Bonchev–Trinajstić information content (AvgIpc) is 3.86. The fourth-order valence-electron chi connectivity index (χ4n) is 9.71. The van der Waals surface area contributed by atoms with E-state index in [4.69, 9.17) is 4.74 Å². The first kappa shape index (κ1) is 28.3. The average molecular weight is 661 g/mol. The molecule has 2 atom stereocenters. The van der Waals surface area contributed by atoms with Crippen LogP contribution in [0.1, 0.15) is 56.3 Å². The van der Waals surface area contributed by atoms with Gasteiger partial charge in [-0.3, -0.25) is 0 Å². The van der Waals surface area contributed by atoms with Crippen molar-refractivity contribution < 1.29 is 4.74 Å². The summed E-state index contributed by atoms with van der Waals surface area (Å²) < 4.78 is 6.38. The van der Waals surface area contributed by atoms with Crippen LogP contribution in [0.5, 0.6) is 11.5 Å². The number of benzene rings is 8. The third-order valence-corrected chi connectivity index (χ3v) is 12.1. The molecule has 0 radical (unpaired) electrons. The van der Waals surface area contributed by atoms with Gasteiger partial charge in [-0.25, -0.2) is 0 Å². The Bertz CT molecular complexity index is 2800. The van der Waals surface area contributed by atoms with E-state index in [2.05, 4.69) is 170 Å².